The molecule has 0 radical (unpaired) electrons. The van der Waals surface area contributed by atoms with Gasteiger partial charge in [0.2, 0.25) is 0 Å². The van der Waals surface area contributed by atoms with Gasteiger partial charge in [0, 0.05) is 10.4 Å². The van der Waals surface area contributed by atoms with E-state index in [1.165, 1.54) is 16.9 Å². The monoisotopic (exact) mass is 238 g/mol. The third-order valence-electron chi connectivity index (χ3n) is 2.13. The molecular weight excluding hydrogens is 228 g/mol. The second-order valence-corrected chi connectivity index (χ2v) is 4.63. The highest BCUT2D eigenvalue weighted by molar-refractivity contribution is 7.13. The minimum absolute atomic E-state index is 0.635. The van der Waals surface area contributed by atoms with Crippen LogP contribution in [0.1, 0.15) is 11.3 Å². The molecule has 2 nitrogen and oxygen atoms in total. The number of benzene rings is 1. The number of halogens is 1. The van der Waals surface area contributed by atoms with E-state index in [0.717, 1.165) is 23.6 Å². The number of nitrogens with zero attached hydrogens (tertiary/aromatic N) is 1. The van der Waals surface area contributed by atoms with E-state index in [-0.39, 0.29) is 0 Å². The Bertz CT molecular complexity index is 453. The summed E-state index contributed by atoms with van der Waals surface area (Å²) in [6.45, 7) is 0. The van der Waals surface area contributed by atoms with Crippen LogP contribution in [0.3, 0.4) is 0 Å². The van der Waals surface area contributed by atoms with Crippen LogP contribution in [0.25, 0.3) is 0 Å². The average molecular weight is 239 g/mol. The van der Waals surface area contributed by atoms with E-state index >= 15 is 0 Å². The zero-order valence-corrected chi connectivity index (χ0v) is 9.68. The zero-order chi connectivity index (χ0) is 10.7. The number of nitrogen functional groups attached to an aromatic ring is 1. The summed E-state index contributed by atoms with van der Waals surface area (Å²) < 4.78 is 0. The van der Waals surface area contributed by atoms with Gasteiger partial charge < -0.3 is 5.73 Å². The lowest BCUT2D eigenvalue weighted by atomic mass is 10.1. The molecule has 2 rings (SSSR count). The van der Waals surface area contributed by atoms with Crippen molar-refractivity contribution in [1.82, 2.24) is 4.98 Å². The normalized spacial score (nSPS) is 10.5. The first-order valence-electron chi connectivity index (χ1n) is 4.68. The van der Waals surface area contributed by atoms with Crippen molar-refractivity contribution in [3.8, 4) is 0 Å². The van der Waals surface area contributed by atoms with Gasteiger partial charge in [0.1, 0.15) is 0 Å². The van der Waals surface area contributed by atoms with Crippen molar-refractivity contribution >= 4 is 28.1 Å². The van der Waals surface area contributed by atoms with Crippen molar-refractivity contribution in [3.05, 3.63) is 45.9 Å². The van der Waals surface area contributed by atoms with Gasteiger partial charge >= 0.3 is 0 Å². The van der Waals surface area contributed by atoms with Gasteiger partial charge in [-0.05, 0) is 30.5 Å². The van der Waals surface area contributed by atoms with Gasteiger partial charge in [0.05, 0.1) is 5.69 Å². The Morgan fingerprint density at radius 3 is 2.87 bits per heavy atom. The van der Waals surface area contributed by atoms with E-state index < -0.39 is 0 Å². The third-order valence-corrected chi connectivity index (χ3v) is 3.09. The summed E-state index contributed by atoms with van der Waals surface area (Å²) in [6.07, 6.45) is 1.86. The fourth-order valence-corrected chi connectivity index (χ4v) is 2.21. The van der Waals surface area contributed by atoms with Crippen molar-refractivity contribution < 1.29 is 0 Å². The van der Waals surface area contributed by atoms with Crippen molar-refractivity contribution in [1.29, 1.82) is 0 Å². The smallest absolute Gasteiger partial charge is 0.180 e. The summed E-state index contributed by atoms with van der Waals surface area (Å²) in [5.41, 5.74) is 7.84. The summed E-state index contributed by atoms with van der Waals surface area (Å²) in [5, 5.41) is 3.42. The minimum atomic E-state index is 0.635. The van der Waals surface area contributed by atoms with Crippen molar-refractivity contribution in [2.24, 2.45) is 0 Å². The molecule has 1 aromatic heterocycles. The largest absolute Gasteiger partial charge is 0.375 e. The molecule has 0 amide bonds. The van der Waals surface area contributed by atoms with Crippen molar-refractivity contribution in [2.75, 3.05) is 5.73 Å². The molecule has 2 aromatic rings. The van der Waals surface area contributed by atoms with Gasteiger partial charge in [-0.15, -0.1) is 11.3 Å². The summed E-state index contributed by atoms with van der Waals surface area (Å²) >= 11 is 7.38. The second kappa shape index (κ2) is 4.64. The molecule has 0 atom stereocenters. The Kier molecular flexibility index (Phi) is 3.23. The standard InChI is InChI=1S/C11H11ClN2S/c12-9-3-1-2-8(6-9)4-5-10-7-15-11(13)14-10/h1-3,6-7H,4-5H2,(H2,13,14). The van der Waals surface area contributed by atoms with Gasteiger partial charge in [0.25, 0.3) is 0 Å². The molecule has 0 aliphatic heterocycles. The van der Waals surface area contributed by atoms with E-state index in [0.29, 0.717) is 5.13 Å². The van der Waals surface area contributed by atoms with Crippen molar-refractivity contribution in [3.63, 3.8) is 0 Å². The molecule has 0 unspecified atom stereocenters. The lowest BCUT2D eigenvalue weighted by Gasteiger charge is -1.99. The number of anilines is 1. The fourth-order valence-electron chi connectivity index (χ4n) is 1.40. The Labute approximate surface area is 97.7 Å². The Hall–Kier alpha value is -1.06. The first-order valence-corrected chi connectivity index (χ1v) is 5.94. The molecule has 78 valence electrons. The molecule has 0 spiro atoms. The van der Waals surface area contributed by atoms with Crippen LogP contribution in [0.4, 0.5) is 5.13 Å². The number of thiazole rings is 1. The van der Waals surface area contributed by atoms with Crippen LogP contribution in [0.5, 0.6) is 0 Å². The predicted molar refractivity (Wildman–Crippen MR) is 65.4 cm³/mol. The molecule has 4 heteroatoms. The van der Waals surface area contributed by atoms with Gasteiger partial charge in [-0.1, -0.05) is 23.7 Å². The minimum Gasteiger partial charge on any atom is -0.375 e. The summed E-state index contributed by atoms with van der Waals surface area (Å²) in [6, 6.07) is 7.90. The maximum Gasteiger partial charge on any atom is 0.180 e. The molecule has 2 N–H and O–H groups in total. The molecule has 15 heavy (non-hydrogen) atoms. The first kappa shape index (κ1) is 10.5. The fraction of sp³-hybridized carbons (Fsp3) is 0.182. The summed E-state index contributed by atoms with van der Waals surface area (Å²) in [4.78, 5) is 4.21. The van der Waals surface area contributed by atoms with Crippen molar-refractivity contribution in [2.45, 2.75) is 12.8 Å². The molecule has 0 fully saturated rings. The number of aryl methyl sites for hydroxylation is 2. The Morgan fingerprint density at radius 1 is 1.33 bits per heavy atom. The SMILES string of the molecule is Nc1nc(CCc2cccc(Cl)c2)cs1. The zero-order valence-electron chi connectivity index (χ0n) is 8.11. The van der Waals surface area contributed by atoms with Crippen LogP contribution in [0.2, 0.25) is 5.02 Å². The highest BCUT2D eigenvalue weighted by atomic mass is 35.5. The maximum absolute atomic E-state index is 5.90. The molecule has 0 saturated carbocycles. The number of hydrogen-bond donors (Lipinski definition) is 1. The molecule has 1 heterocycles. The van der Waals surface area contributed by atoms with E-state index in [1.807, 2.05) is 23.6 Å². The van der Waals surface area contributed by atoms with Gasteiger partial charge in [-0.3, -0.25) is 0 Å². The van der Waals surface area contributed by atoms with Crippen LogP contribution in [-0.4, -0.2) is 4.98 Å². The third kappa shape index (κ3) is 2.94. The molecule has 0 bridgehead atoms. The topological polar surface area (TPSA) is 38.9 Å². The molecule has 0 saturated heterocycles. The van der Waals surface area contributed by atoms with Crippen LogP contribution < -0.4 is 5.73 Å². The van der Waals surface area contributed by atoms with Gasteiger partial charge in [0.15, 0.2) is 5.13 Å². The highest BCUT2D eigenvalue weighted by Crippen LogP contribution is 2.15. The second-order valence-electron chi connectivity index (χ2n) is 3.31. The molecular formula is C11H11ClN2S. The van der Waals surface area contributed by atoms with Crippen LogP contribution in [-0.2, 0) is 12.8 Å². The highest BCUT2D eigenvalue weighted by Gasteiger charge is 2.00. The lowest BCUT2D eigenvalue weighted by Crippen LogP contribution is -1.92. The molecule has 0 aliphatic carbocycles. The number of aromatic nitrogens is 1. The van der Waals surface area contributed by atoms with E-state index in [9.17, 15) is 0 Å². The van der Waals surface area contributed by atoms with E-state index in [2.05, 4.69) is 11.1 Å². The predicted octanol–water partition coefficient (Wildman–Crippen LogP) is 3.16. The molecule has 0 aliphatic rings. The van der Waals surface area contributed by atoms with E-state index in [4.69, 9.17) is 17.3 Å². The van der Waals surface area contributed by atoms with E-state index in [1.54, 1.807) is 0 Å². The average Bonchev–Trinajstić information content (AvgIpc) is 2.62. The van der Waals surface area contributed by atoms with Crippen LogP contribution in [0.15, 0.2) is 29.6 Å². The lowest BCUT2D eigenvalue weighted by molar-refractivity contribution is 0.927. The first-order chi connectivity index (χ1) is 7.24. The Morgan fingerprint density at radius 2 is 2.20 bits per heavy atom. The summed E-state index contributed by atoms with van der Waals surface area (Å²) in [5.74, 6) is 0. The number of hydrogen-bond acceptors (Lipinski definition) is 3. The number of nitrogens with two attached hydrogens (primary N) is 1. The Balaban J connectivity index is 1.99. The maximum atomic E-state index is 5.90. The quantitative estimate of drug-likeness (QED) is 0.892. The molecule has 1 aromatic carbocycles. The van der Waals surface area contributed by atoms with Crippen LogP contribution in [0, 0.1) is 0 Å². The summed E-state index contributed by atoms with van der Waals surface area (Å²) in [7, 11) is 0. The number of rotatable bonds is 3. The van der Waals surface area contributed by atoms with Gasteiger partial charge in [-0.25, -0.2) is 4.98 Å². The van der Waals surface area contributed by atoms with Gasteiger partial charge in [-0.2, -0.15) is 0 Å². The van der Waals surface area contributed by atoms with Crippen LogP contribution >= 0.6 is 22.9 Å².